The largest absolute Gasteiger partial charge is 0.381 e. The lowest BCUT2D eigenvalue weighted by Crippen LogP contribution is -2.37. The van der Waals surface area contributed by atoms with Crippen molar-refractivity contribution in [3.63, 3.8) is 0 Å². The van der Waals surface area contributed by atoms with Crippen molar-refractivity contribution in [3.8, 4) is 11.4 Å². The van der Waals surface area contributed by atoms with E-state index in [-0.39, 0.29) is 17.2 Å². The molecule has 0 aromatic carbocycles. The average molecular weight is 412 g/mol. The SMILES string of the molecule is CC1(CNc2cc(-c3ccnc(NC(=O)C4CCCNC4)n3)ncn2)CCOCC1. The number of amides is 1. The number of aromatic nitrogens is 4. The molecule has 2 aromatic rings. The van der Waals surface area contributed by atoms with E-state index in [0.717, 1.165) is 57.8 Å². The number of ether oxygens (including phenoxy) is 1. The standard InChI is InChI=1S/C21H29N7O2/c1-21(5-9-30-10-6-21)13-24-18-11-17(25-14-26-18)16-4-8-23-20(27-16)28-19(29)15-3-2-7-22-12-15/h4,8,11,14-15,22H,2-3,5-7,9-10,12-13H2,1H3,(H,24,25,26)(H,23,27,28,29). The highest BCUT2D eigenvalue weighted by Gasteiger charge is 2.27. The second-order valence-corrected chi connectivity index (χ2v) is 8.36. The lowest BCUT2D eigenvalue weighted by atomic mass is 9.82. The first kappa shape index (κ1) is 20.6. The van der Waals surface area contributed by atoms with Crippen LogP contribution in [-0.4, -0.2) is 58.7 Å². The lowest BCUT2D eigenvalue weighted by Gasteiger charge is -2.33. The fourth-order valence-corrected chi connectivity index (χ4v) is 3.79. The molecule has 2 saturated heterocycles. The smallest absolute Gasteiger partial charge is 0.231 e. The van der Waals surface area contributed by atoms with Gasteiger partial charge < -0.3 is 15.4 Å². The summed E-state index contributed by atoms with van der Waals surface area (Å²) in [5.74, 6) is 0.956. The highest BCUT2D eigenvalue weighted by Crippen LogP contribution is 2.30. The number of hydrogen-bond acceptors (Lipinski definition) is 8. The zero-order valence-corrected chi connectivity index (χ0v) is 17.4. The number of carbonyl (C=O) groups excluding carboxylic acids is 1. The molecule has 4 rings (SSSR count). The third-order valence-corrected chi connectivity index (χ3v) is 5.88. The van der Waals surface area contributed by atoms with E-state index in [1.807, 2.05) is 6.07 Å². The van der Waals surface area contributed by atoms with Gasteiger partial charge in [-0.1, -0.05) is 6.92 Å². The van der Waals surface area contributed by atoms with Crippen molar-refractivity contribution in [1.29, 1.82) is 0 Å². The number of nitrogens with one attached hydrogen (secondary N) is 3. The van der Waals surface area contributed by atoms with Gasteiger partial charge in [0.05, 0.1) is 17.3 Å². The Hall–Kier alpha value is -2.65. The van der Waals surface area contributed by atoms with Crippen LogP contribution in [0.4, 0.5) is 11.8 Å². The summed E-state index contributed by atoms with van der Waals surface area (Å²) in [6.07, 6.45) is 7.10. The fourth-order valence-electron chi connectivity index (χ4n) is 3.79. The quantitative estimate of drug-likeness (QED) is 0.662. The van der Waals surface area contributed by atoms with Crippen LogP contribution in [0.2, 0.25) is 0 Å². The predicted octanol–water partition coefficient (Wildman–Crippen LogP) is 2.10. The van der Waals surface area contributed by atoms with E-state index >= 15 is 0 Å². The van der Waals surface area contributed by atoms with Crippen LogP contribution in [-0.2, 0) is 9.53 Å². The summed E-state index contributed by atoms with van der Waals surface area (Å²) >= 11 is 0. The summed E-state index contributed by atoms with van der Waals surface area (Å²) in [6, 6.07) is 3.66. The molecule has 0 radical (unpaired) electrons. The highest BCUT2D eigenvalue weighted by atomic mass is 16.5. The molecule has 0 bridgehead atoms. The lowest BCUT2D eigenvalue weighted by molar-refractivity contribution is -0.120. The van der Waals surface area contributed by atoms with Gasteiger partial charge in [-0.15, -0.1) is 0 Å². The molecule has 0 spiro atoms. The molecule has 1 amide bonds. The van der Waals surface area contributed by atoms with Crippen LogP contribution in [0.1, 0.15) is 32.6 Å². The van der Waals surface area contributed by atoms with E-state index < -0.39 is 0 Å². The van der Waals surface area contributed by atoms with E-state index in [1.165, 1.54) is 6.33 Å². The Balaban J connectivity index is 1.41. The number of nitrogens with zero attached hydrogens (tertiary/aromatic N) is 4. The monoisotopic (exact) mass is 411 g/mol. The second kappa shape index (κ2) is 9.44. The van der Waals surface area contributed by atoms with Crippen LogP contribution in [0.5, 0.6) is 0 Å². The minimum absolute atomic E-state index is 0.0471. The average Bonchev–Trinajstić information content (AvgIpc) is 2.79. The van der Waals surface area contributed by atoms with E-state index in [0.29, 0.717) is 23.9 Å². The molecular formula is C21H29N7O2. The number of anilines is 2. The van der Waals surface area contributed by atoms with Crippen molar-refractivity contribution >= 4 is 17.7 Å². The molecule has 2 fully saturated rings. The summed E-state index contributed by atoms with van der Waals surface area (Å²) in [7, 11) is 0. The van der Waals surface area contributed by atoms with Crippen LogP contribution in [0.25, 0.3) is 11.4 Å². The van der Waals surface area contributed by atoms with Crippen molar-refractivity contribution in [3.05, 3.63) is 24.7 Å². The maximum atomic E-state index is 12.5. The first-order valence-electron chi connectivity index (χ1n) is 10.6. The Morgan fingerprint density at radius 1 is 1.27 bits per heavy atom. The maximum Gasteiger partial charge on any atom is 0.231 e. The normalized spacial score (nSPS) is 21.0. The molecule has 2 aliphatic heterocycles. The van der Waals surface area contributed by atoms with Gasteiger partial charge in [-0.3, -0.25) is 10.1 Å². The number of carbonyl (C=O) groups is 1. The Kier molecular flexibility index (Phi) is 6.49. The topological polar surface area (TPSA) is 114 Å². The zero-order chi connectivity index (χ0) is 20.8. The summed E-state index contributed by atoms with van der Waals surface area (Å²) in [6.45, 7) is 6.36. The van der Waals surface area contributed by atoms with Crippen LogP contribution < -0.4 is 16.0 Å². The molecule has 30 heavy (non-hydrogen) atoms. The number of piperidine rings is 1. The second-order valence-electron chi connectivity index (χ2n) is 8.36. The van der Waals surface area contributed by atoms with Crippen LogP contribution >= 0.6 is 0 Å². The third-order valence-electron chi connectivity index (χ3n) is 5.88. The Bertz CT molecular complexity index is 864. The van der Waals surface area contributed by atoms with Crippen molar-refractivity contribution < 1.29 is 9.53 Å². The molecule has 160 valence electrons. The van der Waals surface area contributed by atoms with Crippen molar-refractivity contribution in [2.45, 2.75) is 32.6 Å². The van der Waals surface area contributed by atoms with Crippen LogP contribution in [0.3, 0.4) is 0 Å². The molecule has 9 nitrogen and oxygen atoms in total. The molecular weight excluding hydrogens is 382 g/mol. The molecule has 0 aliphatic carbocycles. The first-order chi connectivity index (χ1) is 14.6. The molecule has 4 heterocycles. The summed E-state index contributed by atoms with van der Waals surface area (Å²) in [4.78, 5) is 29.8. The Morgan fingerprint density at radius 3 is 2.93 bits per heavy atom. The number of hydrogen-bond donors (Lipinski definition) is 3. The molecule has 2 aliphatic rings. The van der Waals surface area contributed by atoms with Crippen molar-refractivity contribution in [1.82, 2.24) is 25.3 Å². The molecule has 2 aromatic heterocycles. The van der Waals surface area contributed by atoms with E-state index in [4.69, 9.17) is 4.74 Å². The van der Waals surface area contributed by atoms with Crippen LogP contribution in [0, 0.1) is 11.3 Å². The van der Waals surface area contributed by atoms with Gasteiger partial charge in [0.25, 0.3) is 0 Å². The van der Waals surface area contributed by atoms with Crippen LogP contribution in [0.15, 0.2) is 24.7 Å². The third kappa shape index (κ3) is 5.28. The van der Waals surface area contributed by atoms with Gasteiger partial charge in [0.1, 0.15) is 12.1 Å². The fraction of sp³-hybridized carbons (Fsp3) is 0.571. The summed E-state index contributed by atoms with van der Waals surface area (Å²) in [5.41, 5.74) is 1.52. The minimum Gasteiger partial charge on any atom is -0.381 e. The van der Waals surface area contributed by atoms with Crippen molar-refractivity contribution in [2.24, 2.45) is 11.3 Å². The Morgan fingerprint density at radius 2 is 2.13 bits per heavy atom. The maximum absolute atomic E-state index is 12.5. The van der Waals surface area contributed by atoms with E-state index in [1.54, 1.807) is 12.3 Å². The minimum atomic E-state index is -0.0487. The predicted molar refractivity (Wildman–Crippen MR) is 114 cm³/mol. The van der Waals surface area contributed by atoms with Gasteiger partial charge in [-0.25, -0.2) is 19.9 Å². The Labute approximate surface area is 176 Å². The van der Waals surface area contributed by atoms with Gasteiger partial charge in [0.15, 0.2) is 0 Å². The van der Waals surface area contributed by atoms with Gasteiger partial charge >= 0.3 is 0 Å². The van der Waals surface area contributed by atoms with Gasteiger partial charge in [-0.05, 0) is 43.7 Å². The highest BCUT2D eigenvalue weighted by molar-refractivity contribution is 5.91. The van der Waals surface area contributed by atoms with E-state index in [9.17, 15) is 4.79 Å². The molecule has 9 heteroatoms. The van der Waals surface area contributed by atoms with Crippen molar-refractivity contribution in [2.75, 3.05) is 43.5 Å². The van der Waals surface area contributed by atoms with Gasteiger partial charge in [0.2, 0.25) is 11.9 Å². The molecule has 1 unspecified atom stereocenters. The van der Waals surface area contributed by atoms with Gasteiger partial charge in [0, 0.05) is 38.6 Å². The number of rotatable bonds is 6. The molecule has 3 N–H and O–H groups in total. The summed E-state index contributed by atoms with van der Waals surface area (Å²) < 4.78 is 5.47. The van der Waals surface area contributed by atoms with Gasteiger partial charge in [-0.2, -0.15) is 0 Å². The van der Waals surface area contributed by atoms with E-state index in [2.05, 4.69) is 42.8 Å². The molecule has 1 atom stereocenters. The molecule has 0 saturated carbocycles. The first-order valence-corrected chi connectivity index (χ1v) is 10.6. The summed E-state index contributed by atoms with van der Waals surface area (Å²) in [5, 5.41) is 9.52. The zero-order valence-electron chi connectivity index (χ0n) is 17.4.